The molecule has 0 saturated heterocycles. The normalized spacial score (nSPS) is 9.40. The maximum absolute atomic E-state index is 9.53. The highest BCUT2D eigenvalue weighted by Crippen LogP contribution is 2.23. The Morgan fingerprint density at radius 3 is 2.47 bits per heavy atom. The van der Waals surface area contributed by atoms with Crippen molar-refractivity contribution in [2.24, 2.45) is 0 Å². The second-order valence-electron chi connectivity index (χ2n) is 2.79. The summed E-state index contributed by atoms with van der Waals surface area (Å²) in [6.07, 6.45) is 1.60. The van der Waals surface area contributed by atoms with Crippen molar-refractivity contribution in [3.63, 3.8) is 0 Å². The third-order valence-corrected chi connectivity index (χ3v) is 1.89. The van der Waals surface area contributed by atoms with Gasteiger partial charge in [0, 0.05) is 24.4 Å². The Morgan fingerprint density at radius 2 is 2.00 bits per heavy atom. The number of nitrogens with zero attached hydrogens (tertiary/aromatic N) is 1. The van der Waals surface area contributed by atoms with Crippen molar-refractivity contribution in [3.8, 4) is 5.75 Å². The van der Waals surface area contributed by atoms with Gasteiger partial charge in [0.05, 0.1) is 18.9 Å². The lowest BCUT2D eigenvalue weighted by atomic mass is 10.1. The number of aliphatic hydroxyl groups excluding tert-OH is 1. The van der Waals surface area contributed by atoms with Gasteiger partial charge >= 0.3 is 0 Å². The Balaban J connectivity index is 0.000000921. The van der Waals surface area contributed by atoms with Crippen LogP contribution in [0, 0.1) is 6.92 Å². The van der Waals surface area contributed by atoms with E-state index in [2.05, 4.69) is 4.98 Å². The fourth-order valence-corrected chi connectivity index (χ4v) is 1.14. The van der Waals surface area contributed by atoms with Gasteiger partial charge in [-0.05, 0) is 6.92 Å². The molecule has 0 aromatic carbocycles. The second-order valence-corrected chi connectivity index (χ2v) is 2.79. The topological polar surface area (TPSA) is 62.6 Å². The SMILES string of the molecule is CC.COCc1cnc(C)c(O)c1CO. The summed E-state index contributed by atoms with van der Waals surface area (Å²) in [5.74, 6) is 0.0528. The highest BCUT2D eigenvalue weighted by atomic mass is 16.5. The van der Waals surface area contributed by atoms with Gasteiger partial charge in [-0.15, -0.1) is 0 Å². The van der Waals surface area contributed by atoms with E-state index < -0.39 is 0 Å². The van der Waals surface area contributed by atoms with E-state index in [1.54, 1.807) is 20.2 Å². The lowest BCUT2D eigenvalue weighted by molar-refractivity contribution is 0.180. The van der Waals surface area contributed by atoms with Crippen LogP contribution >= 0.6 is 0 Å². The zero-order valence-electron chi connectivity index (χ0n) is 9.74. The molecule has 0 aliphatic heterocycles. The minimum atomic E-state index is -0.201. The Hall–Kier alpha value is -1.13. The predicted octanol–water partition coefficient (Wildman–Crippen LogP) is 1.76. The fourth-order valence-electron chi connectivity index (χ4n) is 1.14. The largest absolute Gasteiger partial charge is 0.506 e. The summed E-state index contributed by atoms with van der Waals surface area (Å²) in [5, 5.41) is 18.5. The molecule has 0 aliphatic carbocycles. The molecule has 15 heavy (non-hydrogen) atoms. The van der Waals surface area contributed by atoms with Crippen LogP contribution < -0.4 is 0 Å². The molecule has 0 amide bonds. The average Bonchev–Trinajstić information content (AvgIpc) is 2.27. The third-order valence-electron chi connectivity index (χ3n) is 1.89. The van der Waals surface area contributed by atoms with E-state index >= 15 is 0 Å². The molecular weight excluding hydrogens is 194 g/mol. The number of aromatic nitrogens is 1. The van der Waals surface area contributed by atoms with Gasteiger partial charge in [-0.3, -0.25) is 4.98 Å². The Bertz CT molecular complexity index is 300. The van der Waals surface area contributed by atoms with Gasteiger partial charge < -0.3 is 14.9 Å². The summed E-state index contributed by atoms with van der Waals surface area (Å²) in [6, 6.07) is 0. The van der Waals surface area contributed by atoms with E-state index in [-0.39, 0.29) is 12.4 Å². The van der Waals surface area contributed by atoms with Crippen molar-refractivity contribution in [1.29, 1.82) is 0 Å². The lowest BCUT2D eigenvalue weighted by Gasteiger charge is -2.09. The van der Waals surface area contributed by atoms with E-state index in [0.717, 1.165) is 0 Å². The maximum atomic E-state index is 9.53. The summed E-state index contributed by atoms with van der Waals surface area (Å²) in [7, 11) is 1.55. The van der Waals surface area contributed by atoms with Crippen molar-refractivity contribution in [3.05, 3.63) is 23.0 Å². The minimum absolute atomic E-state index is 0.0528. The summed E-state index contributed by atoms with van der Waals surface area (Å²) in [6.45, 7) is 5.83. The van der Waals surface area contributed by atoms with Crippen LogP contribution in [0.15, 0.2) is 6.20 Å². The number of methoxy groups -OCH3 is 1. The molecule has 0 spiro atoms. The van der Waals surface area contributed by atoms with Crippen molar-refractivity contribution in [2.45, 2.75) is 34.0 Å². The molecule has 1 rings (SSSR count). The van der Waals surface area contributed by atoms with Crippen molar-refractivity contribution in [1.82, 2.24) is 4.98 Å². The Labute approximate surface area is 90.5 Å². The molecule has 0 bridgehead atoms. The molecule has 0 unspecified atom stereocenters. The average molecular weight is 213 g/mol. The molecule has 0 radical (unpaired) electrons. The fraction of sp³-hybridized carbons (Fsp3) is 0.545. The second kappa shape index (κ2) is 7.20. The van der Waals surface area contributed by atoms with E-state index in [9.17, 15) is 5.11 Å². The van der Waals surface area contributed by atoms with Crippen molar-refractivity contribution in [2.75, 3.05) is 7.11 Å². The molecule has 4 heteroatoms. The molecule has 2 N–H and O–H groups in total. The molecule has 1 aromatic heterocycles. The predicted molar refractivity (Wildman–Crippen MR) is 58.6 cm³/mol. The summed E-state index contributed by atoms with van der Waals surface area (Å²) in [5.41, 5.74) is 1.73. The highest BCUT2D eigenvalue weighted by Gasteiger charge is 2.09. The molecule has 0 fully saturated rings. The van der Waals surface area contributed by atoms with Crippen LogP contribution in [0.1, 0.15) is 30.7 Å². The first-order chi connectivity index (χ1) is 7.20. The molecule has 1 aromatic rings. The van der Waals surface area contributed by atoms with Gasteiger partial charge in [-0.1, -0.05) is 13.8 Å². The van der Waals surface area contributed by atoms with Gasteiger partial charge in [0.2, 0.25) is 0 Å². The Kier molecular flexibility index (Phi) is 6.66. The van der Waals surface area contributed by atoms with Crippen LogP contribution in [-0.2, 0) is 18.0 Å². The summed E-state index contributed by atoms with van der Waals surface area (Å²) in [4.78, 5) is 3.96. The Morgan fingerprint density at radius 1 is 1.40 bits per heavy atom. The van der Waals surface area contributed by atoms with Crippen molar-refractivity contribution >= 4 is 0 Å². The quantitative estimate of drug-likeness (QED) is 0.803. The van der Waals surface area contributed by atoms with Gasteiger partial charge in [0.1, 0.15) is 5.75 Å². The molecule has 0 aliphatic rings. The molecule has 1 heterocycles. The standard InChI is InChI=1S/C9H13NO3.C2H6/c1-6-9(12)8(4-11)7(3-10-6)5-13-2;1-2/h3,11-12H,4-5H2,1-2H3;1-2H3. The van der Waals surface area contributed by atoms with Crippen LogP contribution in [0.3, 0.4) is 0 Å². The molecule has 0 saturated carbocycles. The molecule has 0 atom stereocenters. The number of hydrogen-bond donors (Lipinski definition) is 2. The highest BCUT2D eigenvalue weighted by molar-refractivity contribution is 5.39. The number of aliphatic hydroxyl groups is 1. The molecule has 86 valence electrons. The van der Waals surface area contributed by atoms with Crippen LogP contribution in [-0.4, -0.2) is 22.3 Å². The van der Waals surface area contributed by atoms with E-state index in [0.29, 0.717) is 23.4 Å². The van der Waals surface area contributed by atoms with E-state index in [1.165, 1.54) is 0 Å². The van der Waals surface area contributed by atoms with Crippen molar-refractivity contribution < 1.29 is 14.9 Å². The third kappa shape index (κ3) is 3.49. The van der Waals surface area contributed by atoms with Gasteiger partial charge in [-0.2, -0.15) is 0 Å². The number of pyridine rings is 1. The van der Waals surface area contributed by atoms with Crippen LogP contribution in [0.25, 0.3) is 0 Å². The van der Waals surface area contributed by atoms with Crippen LogP contribution in [0.2, 0.25) is 0 Å². The summed E-state index contributed by atoms with van der Waals surface area (Å²) >= 11 is 0. The molecular formula is C11H19NO3. The number of ether oxygens (including phenoxy) is 1. The molecule has 4 nitrogen and oxygen atoms in total. The van der Waals surface area contributed by atoms with Crippen LogP contribution in [0.4, 0.5) is 0 Å². The first-order valence-corrected chi connectivity index (χ1v) is 4.96. The first kappa shape index (κ1) is 13.9. The van der Waals surface area contributed by atoms with Gasteiger partial charge in [-0.25, -0.2) is 0 Å². The van der Waals surface area contributed by atoms with E-state index in [4.69, 9.17) is 9.84 Å². The van der Waals surface area contributed by atoms with Gasteiger partial charge in [0.25, 0.3) is 0 Å². The van der Waals surface area contributed by atoms with Crippen LogP contribution in [0.5, 0.6) is 5.75 Å². The number of hydrogen-bond acceptors (Lipinski definition) is 4. The lowest BCUT2D eigenvalue weighted by Crippen LogP contribution is -1.99. The minimum Gasteiger partial charge on any atom is -0.506 e. The monoisotopic (exact) mass is 213 g/mol. The smallest absolute Gasteiger partial charge is 0.142 e. The van der Waals surface area contributed by atoms with E-state index in [1.807, 2.05) is 13.8 Å². The zero-order valence-corrected chi connectivity index (χ0v) is 9.74. The van der Waals surface area contributed by atoms with Gasteiger partial charge in [0.15, 0.2) is 0 Å². The first-order valence-electron chi connectivity index (χ1n) is 4.96. The number of rotatable bonds is 3. The number of aromatic hydroxyl groups is 1. The summed E-state index contributed by atoms with van der Waals surface area (Å²) < 4.78 is 4.90. The maximum Gasteiger partial charge on any atom is 0.142 e. The zero-order chi connectivity index (χ0) is 11.8. The number of aryl methyl sites for hydroxylation is 1.